The van der Waals surface area contributed by atoms with Gasteiger partial charge in [-0.3, -0.25) is 9.59 Å². The van der Waals surface area contributed by atoms with Crippen molar-refractivity contribution in [2.45, 2.75) is 12.8 Å². The van der Waals surface area contributed by atoms with E-state index in [2.05, 4.69) is 26.6 Å². The number of benzene rings is 2. The molecular weight excluding hydrogens is 384 g/mol. The Kier molecular flexibility index (Phi) is 7.47. The Morgan fingerprint density at radius 3 is 2.28 bits per heavy atom. The third kappa shape index (κ3) is 6.58. The predicted octanol–water partition coefficient (Wildman–Crippen LogP) is 2.94. The van der Waals surface area contributed by atoms with Crippen LogP contribution in [0, 0.1) is 0 Å². The second kappa shape index (κ2) is 9.84. The SMILES string of the molecule is COc1ccc(CCNC(=O)CCNC(=O)c2ccc(Br)cc2)cc1. The Bertz CT molecular complexity index is 700. The van der Waals surface area contributed by atoms with Crippen molar-refractivity contribution in [1.29, 1.82) is 0 Å². The first-order chi connectivity index (χ1) is 12.1. The summed E-state index contributed by atoms with van der Waals surface area (Å²) in [6.07, 6.45) is 1.01. The zero-order valence-electron chi connectivity index (χ0n) is 14.0. The number of amides is 2. The lowest BCUT2D eigenvalue weighted by Crippen LogP contribution is -2.31. The first-order valence-corrected chi connectivity index (χ1v) is 8.81. The molecule has 5 nitrogen and oxygen atoms in total. The quantitative estimate of drug-likeness (QED) is 0.710. The molecule has 0 saturated carbocycles. The van der Waals surface area contributed by atoms with Gasteiger partial charge in [-0.25, -0.2) is 0 Å². The van der Waals surface area contributed by atoms with Crippen LogP contribution < -0.4 is 15.4 Å². The molecule has 25 heavy (non-hydrogen) atoms. The van der Waals surface area contributed by atoms with Gasteiger partial charge in [0.2, 0.25) is 5.91 Å². The summed E-state index contributed by atoms with van der Waals surface area (Å²) >= 11 is 3.32. The second-order valence-electron chi connectivity index (χ2n) is 5.46. The molecule has 0 heterocycles. The summed E-state index contributed by atoms with van der Waals surface area (Å²) in [5.41, 5.74) is 1.70. The number of methoxy groups -OCH3 is 1. The molecule has 0 aliphatic heterocycles. The van der Waals surface area contributed by atoms with E-state index in [0.717, 1.165) is 22.2 Å². The molecule has 0 fully saturated rings. The number of rotatable bonds is 8. The standard InChI is InChI=1S/C19H21BrN2O3/c1-25-17-8-2-14(3-9-17)10-12-21-18(23)11-13-22-19(24)15-4-6-16(20)7-5-15/h2-9H,10-13H2,1H3,(H,21,23)(H,22,24). The molecule has 0 bridgehead atoms. The highest BCUT2D eigenvalue weighted by Crippen LogP contribution is 2.11. The molecule has 2 aromatic rings. The van der Waals surface area contributed by atoms with E-state index in [9.17, 15) is 9.59 Å². The lowest BCUT2D eigenvalue weighted by Gasteiger charge is -2.07. The van der Waals surface area contributed by atoms with E-state index < -0.39 is 0 Å². The lowest BCUT2D eigenvalue weighted by molar-refractivity contribution is -0.120. The largest absolute Gasteiger partial charge is 0.497 e. The van der Waals surface area contributed by atoms with E-state index in [1.54, 1.807) is 31.4 Å². The summed E-state index contributed by atoms with van der Waals surface area (Å²) in [4.78, 5) is 23.7. The van der Waals surface area contributed by atoms with Crippen LogP contribution in [-0.2, 0) is 11.2 Å². The molecule has 0 saturated heterocycles. The van der Waals surface area contributed by atoms with Gasteiger partial charge in [0.1, 0.15) is 5.75 Å². The molecule has 132 valence electrons. The van der Waals surface area contributed by atoms with Gasteiger partial charge in [0.25, 0.3) is 5.91 Å². The fourth-order valence-electron chi connectivity index (χ4n) is 2.22. The zero-order chi connectivity index (χ0) is 18.1. The van der Waals surface area contributed by atoms with Crippen molar-refractivity contribution in [3.63, 3.8) is 0 Å². The minimum Gasteiger partial charge on any atom is -0.497 e. The van der Waals surface area contributed by atoms with Gasteiger partial charge in [0.05, 0.1) is 7.11 Å². The zero-order valence-corrected chi connectivity index (χ0v) is 15.6. The molecule has 2 rings (SSSR count). The molecule has 0 aromatic heterocycles. The molecular formula is C19H21BrN2O3. The number of hydrogen-bond acceptors (Lipinski definition) is 3. The summed E-state index contributed by atoms with van der Waals surface area (Å²) in [6, 6.07) is 14.8. The van der Waals surface area contributed by atoms with Crippen molar-refractivity contribution < 1.29 is 14.3 Å². The van der Waals surface area contributed by atoms with Crippen LogP contribution in [0.4, 0.5) is 0 Å². The van der Waals surface area contributed by atoms with Crippen molar-refractivity contribution in [3.8, 4) is 5.75 Å². The maximum atomic E-state index is 11.9. The Balaban J connectivity index is 1.63. The average molecular weight is 405 g/mol. The van der Waals surface area contributed by atoms with E-state index in [1.807, 2.05) is 24.3 Å². The fourth-order valence-corrected chi connectivity index (χ4v) is 2.48. The van der Waals surface area contributed by atoms with Gasteiger partial charge in [-0.2, -0.15) is 0 Å². The molecule has 2 N–H and O–H groups in total. The van der Waals surface area contributed by atoms with Crippen LogP contribution in [0.25, 0.3) is 0 Å². The Morgan fingerprint density at radius 2 is 1.64 bits per heavy atom. The maximum absolute atomic E-state index is 11.9. The van der Waals surface area contributed by atoms with Crippen LogP contribution in [0.15, 0.2) is 53.0 Å². The van der Waals surface area contributed by atoms with Crippen LogP contribution in [0.1, 0.15) is 22.3 Å². The van der Waals surface area contributed by atoms with Crippen LogP contribution >= 0.6 is 15.9 Å². The second-order valence-corrected chi connectivity index (χ2v) is 6.38. The van der Waals surface area contributed by atoms with Gasteiger partial charge >= 0.3 is 0 Å². The topological polar surface area (TPSA) is 67.4 Å². The van der Waals surface area contributed by atoms with E-state index in [-0.39, 0.29) is 18.2 Å². The first-order valence-electron chi connectivity index (χ1n) is 8.02. The summed E-state index contributed by atoms with van der Waals surface area (Å²) in [5, 5.41) is 5.59. The summed E-state index contributed by atoms with van der Waals surface area (Å²) in [6.45, 7) is 0.870. The number of carbonyl (C=O) groups is 2. The Morgan fingerprint density at radius 1 is 0.960 bits per heavy atom. The lowest BCUT2D eigenvalue weighted by atomic mass is 10.1. The van der Waals surface area contributed by atoms with Gasteiger partial charge in [0.15, 0.2) is 0 Å². The predicted molar refractivity (Wildman–Crippen MR) is 101 cm³/mol. The fraction of sp³-hybridized carbons (Fsp3) is 0.263. The number of nitrogens with one attached hydrogen (secondary N) is 2. The molecule has 0 aliphatic rings. The van der Waals surface area contributed by atoms with E-state index in [1.165, 1.54) is 0 Å². The van der Waals surface area contributed by atoms with Gasteiger partial charge in [-0.15, -0.1) is 0 Å². The Hall–Kier alpha value is -2.34. The number of hydrogen-bond donors (Lipinski definition) is 2. The molecule has 0 radical (unpaired) electrons. The Labute approximate surface area is 155 Å². The van der Waals surface area contributed by atoms with Crippen molar-refractivity contribution in [3.05, 3.63) is 64.1 Å². The van der Waals surface area contributed by atoms with Crippen LogP contribution in [0.3, 0.4) is 0 Å². The van der Waals surface area contributed by atoms with Crippen molar-refractivity contribution >= 4 is 27.7 Å². The van der Waals surface area contributed by atoms with Crippen molar-refractivity contribution in [1.82, 2.24) is 10.6 Å². The highest BCUT2D eigenvalue weighted by molar-refractivity contribution is 9.10. The van der Waals surface area contributed by atoms with Gasteiger partial charge < -0.3 is 15.4 Å². The van der Waals surface area contributed by atoms with Crippen LogP contribution in [0.5, 0.6) is 5.75 Å². The number of ether oxygens (including phenoxy) is 1. The minimum absolute atomic E-state index is 0.0791. The van der Waals surface area contributed by atoms with Crippen molar-refractivity contribution in [2.24, 2.45) is 0 Å². The van der Waals surface area contributed by atoms with Crippen LogP contribution in [0.2, 0.25) is 0 Å². The molecule has 0 unspecified atom stereocenters. The first kappa shape index (κ1) is 19.0. The summed E-state index contributed by atoms with van der Waals surface area (Å²) < 4.78 is 6.02. The summed E-state index contributed by atoms with van der Waals surface area (Å²) in [7, 11) is 1.63. The summed E-state index contributed by atoms with van der Waals surface area (Å²) in [5.74, 6) is 0.553. The van der Waals surface area contributed by atoms with E-state index in [4.69, 9.17) is 4.74 Å². The van der Waals surface area contributed by atoms with Crippen molar-refractivity contribution in [2.75, 3.05) is 20.2 Å². The monoisotopic (exact) mass is 404 g/mol. The molecule has 2 aromatic carbocycles. The third-order valence-electron chi connectivity index (χ3n) is 3.64. The van der Waals surface area contributed by atoms with E-state index >= 15 is 0 Å². The van der Waals surface area contributed by atoms with Gasteiger partial charge in [-0.1, -0.05) is 28.1 Å². The molecule has 2 amide bonds. The highest BCUT2D eigenvalue weighted by atomic mass is 79.9. The normalized spacial score (nSPS) is 10.2. The molecule has 0 aliphatic carbocycles. The highest BCUT2D eigenvalue weighted by Gasteiger charge is 2.06. The van der Waals surface area contributed by atoms with Crippen LogP contribution in [-0.4, -0.2) is 32.0 Å². The third-order valence-corrected chi connectivity index (χ3v) is 4.17. The maximum Gasteiger partial charge on any atom is 0.251 e. The molecule has 6 heteroatoms. The van der Waals surface area contributed by atoms with Gasteiger partial charge in [0, 0.05) is 29.5 Å². The molecule has 0 spiro atoms. The number of halogens is 1. The smallest absolute Gasteiger partial charge is 0.251 e. The van der Waals surface area contributed by atoms with Gasteiger partial charge in [-0.05, 0) is 48.4 Å². The number of carbonyl (C=O) groups excluding carboxylic acids is 2. The minimum atomic E-state index is -0.182. The average Bonchev–Trinajstić information content (AvgIpc) is 2.63. The molecule has 0 atom stereocenters. The van der Waals surface area contributed by atoms with E-state index in [0.29, 0.717) is 18.7 Å².